The number of amides is 1. The summed E-state index contributed by atoms with van der Waals surface area (Å²) < 4.78 is 5.00. The smallest absolute Gasteiger partial charge is 0.217 e. The van der Waals surface area contributed by atoms with Crippen molar-refractivity contribution < 1.29 is 19.7 Å². The number of carbonyl (C=O) groups excluding carboxylic acids is 1. The molecule has 0 aliphatic carbocycles. The summed E-state index contributed by atoms with van der Waals surface area (Å²) in [5.74, 6) is 0.387. The Balaban J connectivity index is 2.78. The fourth-order valence-corrected chi connectivity index (χ4v) is 1.52. The van der Waals surface area contributed by atoms with Gasteiger partial charge in [0.2, 0.25) is 5.91 Å². The SMILES string of the molecule is COc1ccc([C@@H](O)[C@H](CO)NC(C)=O)cc1. The van der Waals surface area contributed by atoms with Gasteiger partial charge >= 0.3 is 0 Å². The molecule has 0 unspecified atom stereocenters. The van der Waals surface area contributed by atoms with Crippen molar-refractivity contribution in [1.29, 1.82) is 0 Å². The van der Waals surface area contributed by atoms with Crippen LogP contribution in [-0.2, 0) is 4.79 Å². The average Bonchev–Trinajstić information content (AvgIpc) is 2.35. The zero-order valence-corrected chi connectivity index (χ0v) is 9.88. The van der Waals surface area contributed by atoms with Crippen molar-refractivity contribution in [1.82, 2.24) is 5.32 Å². The number of nitrogens with one attached hydrogen (secondary N) is 1. The van der Waals surface area contributed by atoms with E-state index in [-0.39, 0.29) is 12.5 Å². The van der Waals surface area contributed by atoms with Gasteiger partial charge in [0, 0.05) is 6.92 Å². The Morgan fingerprint density at radius 1 is 1.41 bits per heavy atom. The maximum atomic E-state index is 10.9. The zero-order valence-electron chi connectivity index (χ0n) is 9.88. The topological polar surface area (TPSA) is 78.8 Å². The molecule has 1 rings (SSSR count). The van der Waals surface area contributed by atoms with Gasteiger partial charge in [0.05, 0.1) is 19.8 Å². The van der Waals surface area contributed by atoms with Crippen LogP contribution in [0.3, 0.4) is 0 Å². The number of methoxy groups -OCH3 is 1. The largest absolute Gasteiger partial charge is 0.497 e. The predicted molar refractivity (Wildman–Crippen MR) is 62.6 cm³/mol. The Kier molecular flexibility index (Phi) is 4.93. The standard InChI is InChI=1S/C12H17NO4/c1-8(15)13-11(7-14)12(16)9-3-5-10(17-2)6-4-9/h3-6,11-12,14,16H,7H2,1-2H3,(H,13,15)/t11-,12+/m0/s1. The number of hydrogen-bond donors (Lipinski definition) is 3. The average molecular weight is 239 g/mol. The lowest BCUT2D eigenvalue weighted by molar-refractivity contribution is -0.121. The molecule has 17 heavy (non-hydrogen) atoms. The van der Waals surface area contributed by atoms with Gasteiger partial charge in [-0.3, -0.25) is 4.79 Å². The Hall–Kier alpha value is -1.59. The van der Waals surface area contributed by atoms with E-state index in [1.165, 1.54) is 6.92 Å². The number of aliphatic hydroxyl groups is 2. The highest BCUT2D eigenvalue weighted by molar-refractivity contribution is 5.73. The fraction of sp³-hybridized carbons (Fsp3) is 0.417. The molecule has 1 aromatic rings. The maximum absolute atomic E-state index is 10.9. The quantitative estimate of drug-likeness (QED) is 0.687. The molecule has 2 atom stereocenters. The van der Waals surface area contributed by atoms with E-state index in [1.54, 1.807) is 31.4 Å². The third-order valence-corrected chi connectivity index (χ3v) is 2.42. The summed E-state index contributed by atoms with van der Waals surface area (Å²) in [6.07, 6.45) is -0.949. The van der Waals surface area contributed by atoms with Gasteiger partial charge in [0.1, 0.15) is 11.9 Å². The summed E-state index contributed by atoms with van der Waals surface area (Å²) in [7, 11) is 1.55. The number of carbonyl (C=O) groups is 1. The molecular formula is C12H17NO4. The van der Waals surface area contributed by atoms with E-state index in [2.05, 4.69) is 5.32 Å². The van der Waals surface area contributed by atoms with Crippen molar-refractivity contribution in [2.24, 2.45) is 0 Å². The fourth-order valence-electron chi connectivity index (χ4n) is 1.52. The van der Waals surface area contributed by atoms with Crippen molar-refractivity contribution >= 4 is 5.91 Å². The van der Waals surface area contributed by atoms with E-state index >= 15 is 0 Å². The molecule has 0 bridgehead atoms. The van der Waals surface area contributed by atoms with E-state index < -0.39 is 12.1 Å². The van der Waals surface area contributed by atoms with E-state index in [0.717, 1.165) is 0 Å². The number of rotatable bonds is 5. The molecule has 0 radical (unpaired) electrons. The summed E-state index contributed by atoms with van der Waals surface area (Å²) in [5, 5.41) is 21.6. The molecule has 0 saturated heterocycles. The van der Waals surface area contributed by atoms with E-state index in [1.807, 2.05) is 0 Å². The molecule has 0 spiro atoms. The van der Waals surface area contributed by atoms with Gasteiger partial charge in [0.15, 0.2) is 0 Å². The molecule has 0 saturated carbocycles. The van der Waals surface area contributed by atoms with Crippen LogP contribution in [0.5, 0.6) is 5.75 Å². The van der Waals surface area contributed by atoms with Crippen LogP contribution in [0.1, 0.15) is 18.6 Å². The molecule has 5 nitrogen and oxygen atoms in total. The van der Waals surface area contributed by atoms with Gasteiger partial charge in [-0.1, -0.05) is 12.1 Å². The van der Waals surface area contributed by atoms with Gasteiger partial charge in [-0.15, -0.1) is 0 Å². The maximum Gasteiger partial charge on any atom is 0.217 e. The number of hydrogen-bond acceptors (Lipinski definition) is 4. The van der Waals surface area contributed by atoms with Crippen molar-refractivity contribution in [3.05, 3.63) is 29.8 Å². The van der Waals surface area contributed by atoms with Crippen molar-refractivity contribution in [3.8, 4) is 5.75 Å². The normalized spacial score (nSPS) is 13.9. The van der Waals surface area contributed by atoms with Crippen molar-refractivity contribution in [2.75, 3.05) is 13.7 Å². The first-order valence-corrected chi connectivity index (χ1v) is 5.28. The highest BCUT2D eigenvalue weighted by Crippen LogP contribution is 2.20. The van der Waals surface area contributed by atoms with Crippen LogP contribution in [0.15, 0.2) is 24.3 Å². The molecule has 3 N–H and O–H groups in total. The summed E-state index contributed by atoms with van der Waals surface area (Å²) in [6, 6.07) is 6.09. The second-order valence-corrected chi connectivity index (χ2v) is 3.71. The minimum absolute atomic E-state index is 0.295. The number of benzene rings is 1. The van der Waals surface area contributed by atoms with Crippen molar-refractivity contribution in [3.63, 3.8) is 0 Å². The molecule has 0 fully saturated rings. The minimum Gasteiger partial charge on any atom is -0.497 e. The van der Waals surface area contributed by atoms with Crippen LogP contribution in [0.4, 0.5) is 0 Å². The molecular weight excluding hydrogens is 222 g/mol. The molecule has 5 heteroatoms. The highest BCUT2D eigenvalue weighted by Gasteiger charge is 2.20. The Labute approximate surface area is 100 Å². The number of ether oxygens (including phenoxy) is 1. The molecule has 1 aromatic carbocycles. The zero-order chi connectivity index (χ0) is 12.8. The highest BCUT2D eigenvalue weighted by atomic mass is 16.5. The van der Waals surface area contributed by atoms with Gasteiger partial charge < -0.3 is 20.3 Å². The van der Waals surface area contributed by atoms with Crippen LogP contribution >= 0.6 is 0 Å². The Bertz CT molecular complexity index is 363. The summed E-state index contributed by atoms with van der Waals surface area (Å²) in [6.45, 7) is 1.01. The lowest BCUT2D eigenvalue weighted by Gasteiger charge is -2.22. The first-order valence-electron chi connectivity index (χ1n) is 5.28. The van der Waals surface area contributed by atoms with Crippen LogP contribution in [0.25, 0.3) is 0 Å². The molecule has 0 heterocycles. The lowest BCUT2D eigenvalue weighted by Crippen LogP contribution is -2.40. The van der Waals surface area contributed by atoms with E-state index in [9.17, 15) is 9.90 Å². The van der Waals surface area contributed by atoms with Crippen LogP contribution in [-0.4, -0.2) is 35.9 Å². The first-order chi connectivity index (χ1) is 8.08. The molecule has 0 aromatic heterocycles. The van der Waals surface area contributed by atoms with Gasteiger partial charge in [-0.05, 0) is 17.7 Å². The summed E-state index contributed by atoms with van der Waals surface area (Å²) in [4.78, 5) is 10.9. The first kappa shape index (κ1) is 13.5. The van der Waals surface area contributed by atoms with E-state index in [4.69, 9.17) is 9.84 Å². The van der Waals surface area contributed by atoms with Gasteiger partial charge in [0.25, 0.3) is 0 Å². The summed E-state index contributed by atoms with van der Waals surface area (Å²) in [5.41, 5.74) is 0.610. The van der Waals surface area contributed by atoms with Crippen LogP contribution in [0.2, 0.25) is 0 Å². The molecule has 94 valence electrons. The number of aliphatic hydroxyl groups excluding tert-OH is 2. The lowest BCUT2D eigenvalue weighted by atomic mass is 10.0. The predicted octanol–water partition coefficient (Wildman–Crippen LogP) is 0.226. The second kappa shape index (κ2) is 6.22. The third-order valence-electron chi connectivity index (χ3n) is 2.42. The van der Waals surface area contributed by atoms with Crippen LogP contribution < -0.4 is 10.1 Å². The molecule has 1 amide bonds. The molecule has 0 aliphatic rings. The Morgan fingerprint density at radius 3 is 2.41 bits per heavy atom. The van der Waals surface area contributed by atoms with E-state index in [0.29, 0.717) is 11.3 Å². The Morgan fingerprint density at radius 2 is 2.00 bits per heavy atom. The van der Waals surface area contributed by atoms with Gasteiger partial charge in [-0.2, -0.15) is 0 Å². The monoisotopic (exact) mass is 239 g/mol. The summed E-state index contributed by atoms with van der Waals surface area (Å²) >= 11 is 0. The van der Waals surface area contributed by atoms with Crippen LogP contribution in [0, 0.1) is 0 Å². The molecule has 0 aliphatic heterocycles. The van der Waals surface area contributed by atoms with Crippen molar-refractivity contribution in [2.45, 2.75) is 19.1 Å². The third kappa shape index (κ3) is 3.72. The van der Waals surface area contributed by atoms with Gasteiger partial charge in [-0.25, -0.2) is 0 Å². The second-order valence-electron chi connectivity index (χ2n) is 3.71. The minimum atomic E-state index is -0.949.